The van der Waals surface area contributed by atoms with Crippen LogP contribution in [-0.4, -0.2) is 18.5 Å². The number of aryl methyl sites for hydroxylation is 1. The molecule has 0 aliphatic rings. The van der Waals surface area contributed by atoms with E-state index >= 15 is 0 Å². The Morgan fingerprint density at radius 1 is 1.10 bits per heavy atom. The fourth-order valence-corrected chi connectivity index (χ4v) is 2.50. The fraction of sp³-hybridized carbons (Fsp3) is 0.294. The molecule has 2 N–H and O–H groups in total. The highest BCUT2D eigenvalue weighted by Crippen LogP contribution is 2.22. The van der Waals surface area contributed by atoms with E-state index in [1.165, 1.54) is 17.2 Å². The molecule has 2 nitrogen and oxygen atoms in total. The first kappa shape index (κ1) is 15.6. The molecule has 0 aromatic heterocycles. The van der Waals surface area contributed by atoms with Crippen molar-refractivity contribution < 1.29 is 8.78 Å². The molecule has 21 heavy (non-hydrogen) atoms. The van der Waals surface area contributed by atoms with E-state index in [-0.39, 0.29) is 6.04 Å². The zero-order chi connectivity index (χ0) is 15.4. The summed E-state index contributed by atoms with van der Waals surface area (Å²) in [5.41, 5.74) is 8.86. The Morgan fingerprint density at radius 3 is 2.48 bits per heavy atom. The summed E-state index contributed by atoms with van der Waals surface area (Å²) < 4.78 is 26.4. The predicted octanol–water partition coefficient (Wildman–Crippen LogP) is 3.41. The van der Waals surface area contributed by atoms with Crippen molar-refractivity contribution in [2.45, 2.75) is 19.5 Å². The lowest BCUT2D eigenvalue weighted by Crippen LogP contribution is -2.30. The summed E-state index contributed by atoms with van der Waals surface area (Å²) >= 11 is 0. The van der Waals surface area contributed by atoms with E-state index in [1.54, 1.807) is 6.07 Å². The van der Waals surface area contributed by atoms with Crippen LogP contribution < -0.4 is 5.73 Å². The second-order valence-electron chi connectivity index (χ2n) is 5.33. The highest BCUT2D eigenvalue weighted by molar-refractivity contribution is 5.24. The van der Waals surface area contributed by atoms with Gasteiger partial charge >= 0.3 is 0 Å². The lowest BCUT2D eigenvalue weighted by atomic mass is 10.0. The number of nitrogens with zero attached hydrogens (tertiary/aromatic N) is 1. The monoisotopic (exact) mass is 290 g/mol. The fourth-order valence-electron chi connectivity index (χ4n) is 2.50. The minimum absolute atomic E-state index is 0.152. The van der Waals surface area contributed by atoms with Crippen molar-refractivity contribution in [2.75, 3.05) is 13.6 Å². The number of halogens is 2. The maximum Gasteiger partial charge on any atom is 0.159 e. The van der Waals surface area contributed by atoms with Gasteiger partial charge in [0.1, 0.15) is 0 Å². The minimum Gasteiger partial charge on any atom is -0.329 e. The molecule has 1 unspecified atom stereocenters. The smallest absolute Gasteiger partial charge is 0.159 e. The second-order valence-corrected chi connectivity index (χ2v) is 5.33. The van der Waals surface area contributed by atoms with E-state index in [2.05, 4.69) is 6.07 Å². The Labute approximate surface area is 124 Å². The van der Waals surface area contributed by atoms with E-state index in [4.69, 9.17) is 5.73 Å². The number of likely N-dealkylation sites (N-methyl/N-ethyl adjacent to an activating group) is 1. The van der Waals surface area contributed by atoms with Gasteiger partial charge in [0.05, 0.1) is 0 Å². The SMILES string of the molecule is Cc1cccc(CN(C)C(CN)c2ccc(F)c(F)c2)c1. The van der Waals surface area contributed by atoms with Crippen molar-refractivity contribution in [1.82, 2.24) is 4.90 Å². The molecule has 0 spiro atoms. The summed E-state index contributed by atoms with van der Waals surface area (Å²) in [5.74, 6) is -1.68. The molecule has 0 aliphatic heterocycles. The van der Waals surface area contributed by atoms with Crippen LogP contribution >= 0.6 is 0 Å². The van der Waals surface area contributed by atoms with Crippen LogP contribution in [-0.2, 0) is 6.54 Å². The number of hydrogen-bond donors (Lipinski definition) is 1. The first-order chi connectivity index (χ1) is 10.0. The quantitative estimate of drug-likeness (QED) is 0.914. The molecular formula is C17H20F2N2. The van der Waals surface area contributed by atoms with Crippen LogP contribution in [0.25, 0.3) is 0 Å². The van der Waals surface area contributed by atoms with Crippen LogP contribution in [0.1, 0.15) is 22.7 Å². The highest BCUT2D eigenvalue weighted by atomic mass is 19.2. The summed E-state index contributed by atoms with van der Waals surface area (Å²) in [6.45, 7) is 3.08. The van der Waals surface area contributed by atoms with Crippen LogP contribution in [0.2, 0.25) is 0 Å². The van der Waals surface area contributed by atoms with Gasteiger partial charge in [0.2, 0.25) is 0 Å². The van der Waals surface area contributed by atoms with E-state index in [9.17, 15) is 8.78 Å². The average molecular weight is 290 g/mol. The van der Waals surface area contributed by atoms with Crippen molar-refractivity contribution in [3.05, 3.63) is 70.8 Å². The zero-order valence-corrected chi connectivity index (χ0v) is 12.3. The largest absolute Gasteiger partial charge is 0.329 e. The Bertz CT molecular complexity index is 613. The minimum atomic E-state index is -0.838. The van der Waals surface area contributed by atoms with E-state index in [0.717, 1.165) is 6.07 Å². The second kappa shape index (κ2) is 6.78. The third-order valence-corrected chi connectivity index (χ3v) is 3.60. The van der Waals surface area contributed by atoms with Crippen LogP contribution in [0.4, 0.5) is 8.78 Å². The van der Waals surface area contributed by atoms with Crippen LogP contribution in [0.3, 0.4) is 0 Å². The van der Waals surface area contributed by atoms with Crippen molar-refractivity contribution in [3.63, 3.8) is 0 Å². The number of benzene rings is 2. The standard InChI is InChI=1S/C17H20F2N2/c1-12-4-3-5-13(8-12)11-21(2)17(10-20)14-6-7-15(18)16(19)9-14/h3-9,17H,10-11,20H2,1-2H3. The summed E-state index contributed by atoms with van der Waals surface area (Å²) in [7, 11) is 1.93. The predicted molar refractivity (Wildman–Crippen MR) is 80.8 cm³/mol. The average Bonchev–Trinajstić information content (AvgIpc) is 2.43. The van der Waals surface area contributed by atoms with E-state index < -0.39 is 11.6 Å². The Kier molecular flexibility index (Phi) is 5.04. The molecule has 2 aromatic rings. The molecule has 0 fully saturated rings. The number of nitrogens with two attached hydrogens (primary N) is 1. The Morgan fingerprint density at radius 2 is 1.86 bits per heavy atom. The zero-order valence-electron chi connectivity index (χ0n) is 12.3. The van der Waals surface area contributed by atoms with Gasteiger partial charge in [-0.3, -0.25) is 4.90 Å². The Hall–Kier alpha value is -1.78. The summed E-state index contributed by atoms with van der Waals surface area (Å²) in [6.07, 6.45) is 0. The molecular weight excluding hydrogens is 270 g/mol. The maximum absolute atomic E-state index is 13.4. The van der Waals surface area contributed by atoms with Gasteiger partial charge in [0.15, 0.2) is 11.6 Å². The topological polar surface area (TPSA) is 29.3 Å². The first-order valence-electron chi connectivity index (χ1n) is 6.92. The van der Waals surface area contributed by atoms with Gasteiger partial charge in [-0.25, -0.2) is 8.78 Å². The number of rotatable bonds is 5. The summed E-state index contributed by atoms with van der Waals surface area (Å²) in [4.78, 5) is 2.04. The molecule has 0 saturated heterocycles. The van der Waals surface area contributed by atoms with Crippen molar-refractivity contribution in [3.8, 4) is 0 Å². The maximum atomic E-state index is 13.4. The first-order valence-corrected chi connectivity index (χ1v) is 6.92. The van der Waals surface area contributed by atoms with Gasteiger partial charge in [0.25, 0.3) is 0 Å². The van der Waals surface area contributed by atoms with Gasteiger partial charge in [0, 0.05) is 19.1 Å². The Balaban J connectivity index is 2.18. The van der Waals surface area contributed by atoms with E-state index in [1.807, 2.05) is 37.1 Å². The van der Waals surface area contributed by atoms with Crippen LogP contribution in [0.5, 0.6) is 0 Å². The molecule has 2 rings (SSSR count). The normalized spacial score (nSPS) is 12.7. The molecule has 0 saturated carbocycles. The van der Waals surface area contributed by atoms with Gasteiger partial charge in [-0.05, 0) is 37.2 Å². The van der Waals surface area contributed by atoms with Gasteiger partial charge < -0.3 is 5.73 Å². The van der Waals surface area contributed by atoms with Crippen molar-refractivity contribution in [2.24, 2.45) is 5.73 Å². The molecule has 0 bridgehead atoms. The number of hydrogen-bond acceptors (Lipinski definition) is 2. The lowest BCUT2D eigenvalue weighted by molar-refractivity contribution is 0.241. The van der Waals surface area contributed by atoms with Crippen molar-refractivity contribution >= 4 is 0 Å². The van der Waals surface area contributed by atoms with Crippen molar-refractivity contribution in [1.29, 1.82) is 0 Å². The van der Waals surface area contributed by atoms with Gasteiger partial charge in [-0.15, -0.1) is 0 Å². The summed E-state index contributed by atoms with van der Waals surface area (Å²) in [5, 5.41) is 0. The van der Waals surface area contributed by atoms with Gasteiger partial charge in [-0.1, -0.05) is 35.9 Å². The van der Waals surface area contributed by atoms with Crippen LogP contribution in [0, 0.1) is 18.6 Å². The highest BCUT2D eigenvalue weighted by Gasteiger charge is 2.17. The third kappa shape index (κ3) is 3.86. The third-order valence-electron chi connectivity index (χ3n) is 3.60. The molecule has 0 heterocycles. The molecule has 4 heteroatoms. The molecule has 0 radical (unpaired) electrons. The van der Waals surface area contributed by atoms with Gasteiger partial charge in [-0.2, -0.15) is 0 Å². The molecule has 112 valence electrons. The molecule has 2 aromatic carbocycles. The molecule has 1 atom stereocenters. The van der Waals surface area contributed by atoms with Crippen LogP contribution in [0.15, 0.2) is 42.5 Å². The summed E-state index contributed by atoms with van der Waals surface area (Å²) in [6, 6.07) is 12.0. The lowest BCUT2D eigenvalue weighted by Gasteiger charge is -2.27. The molecule has 0 aliphatic carbocycles. The molecule has 0 amide bonds. The van der Waals surface area contributed by atoms with E-state index in [0.29, 0.717) is 18.7 Å².